The molecule has 136 valence electrons. The highest BCUT2D eigenvalue weighted by Gasteiger charge is 2.34. The van der Waals surface area contributed by atoms with Gasteiger partial charge in [0.15, 0.2) is 0 Å². The van der Waals surface area contributed by atoms with Crippen LogP contribution in [0.1, 0.15) is 5.56 Å². The lowest BCUT2D eigenvalue weighted by Crippen LogP contribution is -2.39. The topological polar surface area (TPSA) is 111 Å². The summed E-state index contributed by atoms with van der Waals surface area (Å²) in [5.74, 6) is -1.41. The number of nitrogens with zero attached hydrogens (tertiary/aromatic N) is 2. The summed E-state index contributed by atoms with van der Waals surface area (Å²) in [7, 11) is 2.43. The summed E-state index contributed by atoms with van der Waals surface area (Å²) in [6.45, 7) is 1.70. The normalized spacial score (nSPS) is 14.5. The highest BCUT2D eigenvalue weighted by molar-refractivity contribution is 6.05. The molecule has 9 heteroatoms. The lowest BCUT2D eigenvalue weighted by Gasteiger charge is -2.32. The van der Waals surface area contributed by atoms with Gasteiger partial charge in [0.25, 0.3) is 5.56 Å². The Morgan fingerprint density at radius 2 is 1.96 bits per heavy atom. The predicted octanol–water partition coefficient (Wildman–Crippen LogP) is 0.626. The molecule has 2 aromatic rings. The Kier molecular flexibility index (Phi) is 4.72. The fourth-order valence-corrected chi connectivity index (χ4v) is 2.89. The molecular formula is C17H17N3O6. The minimum atomic E-state index is -0.713. The lowest BCUT2D eigenvalue weighted by atomic mass is 10.1. The van der Waals surface area contributed by atoms with Gasteiger partial charge in [0.2, 0.25) is 0 Å². The van der Waals surface area contributed by atoms with E-state index in [0.717, 1.165) is 5.56 Å². The molecule has 1 aliphatic heterocycles. The smallest absolute Gasteiger partial charge is 0.355 e. The van der Waals surface area contributed by atoms with Gasteiger partial charge in [0.1, 0.15) is 17.9 Å². The number of anilines is 1. The van der Waals surface area contributed by atoms with Gasteiger partial charge in [-0.1, -0.05) is 6.07 Å². The third-order valence-corrected chi connectivity index (χ3v) is 4.09. The Hall–Kier alpha value is -3.20. The van der Waals surface area contributed by atoms with Crippen molar-refractivity contribution in [3.05, 3.63) is 45.6 Å². The van der Waals surface area contributed by atoms with Crippen molar-refractivity contribution >= 4 is 28.5 Å². The highest BCUT2D eigenvalue weighted by Crippen LogP contribution is 2.33. The summed E-state index contributed by atoms with van der Waals surface area (Å²) in [6.07, 6.45) is 1.28. The zero-order valence-corrected chi connectivity index (χ0v) is 14.5. The third-order valence-electron chi connectivity index (χ3n) is 4.09. The van der Waals surface area contributed by atoms with Gasteiger partial charge < -0.3 is 24.1 Å². The molecule has 0 unspecified atom stereocenters. The zero-order valence-electron chi connectivity index (χ0n) is 14.5. The molecular weight excluding hydrogens is 342 g/mol. The molecule has 0 aliphatic carbocycles. The van der Waals surface area contributed by atoms with Crippen LogP contribution in [-0.4, -0.2) is 49.5 Å². The number of hydrogen-bond acceptors (Lipinski definition) is 8. The average molecular weight is 359 g/mol. The van der Waals surface area contributed by atoms with E-state index >= 15 is 0 Å². The molecule has 1 N–H and O–H groups in total. The maximum absolute atomic E-state index is 12.4. The van der Waals surface area contributed by atoms with Crippen LogP contribution in [0.5, 0.6) is 0 Å². The highest BCUT2D eigenvalue weighted by atomic mass is 16.5. The Morgan fingerprint density at radius 3 is 2.65 bits per heavy atom. The monoisotopic (exact) mass is 359 g/mol. The van der Waals surface area contributed by atoms with E-state index < -0.39 is 11.9 Å². The Bertz CT molecular complexity index is 978. The van der Waals surface area contributed by atoms with E-state index in [9.17, 15) is 14.4 Å². The Labute approximate surface area is 148 Å². The van der Waals surface area contributed by atoms with Gasteiger partial charge >= 0.3 is 11.9 Å². The molecule has 0 atom stereocenters. The van der Waals surface area contributed by atoms with Crippen molar-refractivity contribution in [3.63, 3.8) is 0 Å². The first kappa shape index (κ1) is 17.6. The van der Waals surface area contributed by atoms with Gasteiger partial charge in [-0.3, -0.25) is 4.79 Å². The number of carbonyl (C=O) groups excluding carboxylic acids is 2. The van der Waals surface area contributed by atoms with Gasteiger partial charge in [0.05, 0.1) is 43.8 Å². The van der Waals surface area contributed by atoms with E-state index in [1.54, 1.807) is 19.1 Å². The number of benzene rings is 1. The van der Waals surface area contributed by atoms with E-state index in [0.29, 0.717) is 16.6 Å². The molecule has 0 radical (unpaired) electrons. The lowest BCUT2D eigenvalue weighted by molar-refractivity contribution is -0.140. The number of nitrogens with one attached hydrogen (secondary N) is 1. The van der Waals surface area contributed by atoms with Crippen LogP contribution in [0.3, 0.4) is 0 Å². The second-order valence-corrected chi connectivity index (χ2v) is 5.57. The molecule has 0 spiro atoms. The van der Waals surface area contributed by atoms with Crippen LogP contribution in [0.25, 0.3) is 10.9 Å². The maximum Gasteiger partial charge on any atom is 0.355 e. The van der Waals surface area contributed by atoms with Gasteiger partial charge in [-0.05, 0) is 18.6 Å². The number of fused-ring (bicyclic) bond motifs is 1. The van der Waals surface area contributed by atoms with Crippen molar-refractivity contribution in [1.82, 2.24) is 9.97 Å². The number of aryl methyl sites for hydroxylation is 1. The molecule has 26 heavy (non-hydrogen) atoms. The van der Waals surface area contributed by atoms with E-state index in [1.807, 2.05) is 0 Å². The fraction of sp³-hybridized carbons (Fsp3) is 0.294. The molecule has 0 saturated carbocycles. The SMILES string of the molecule is COC(=O)C1=C(C(=O)OC)N(c2c(C)ccc3c(=O)[nH]cnc23)COC1. The number of H-pyrrole nitrogens is 1. The molecule has 1 aromatic heterocycles. The van der Waals surface area contributed by atoms with E-state index in [1.165, 1.54) is 25.4 Å². The summed E-state index contributed by atoms with van der Waals surface area (Å²) in [5.41, 5.74) is 1.33. The van der Waals surface area contributed by atoms with Crippen LogP contribution in [0, 0.1) is 6.92 Å². The van der Waals surface area contributed by atoms with Crippen molar-refractivity contribution in [3.8, 4) is 0 Å². The second-order valence-electron chi connectivity index (χ2n) is 5.57. The number of methoxy groups -OCH3 is 2. The van der Waals surface area contributed by atoms with Crippen LogP contribution >= 0.6 is 0 Å². The largest absolute Gasteiger partial charge is 0.466 e. The summed E-state index contributed by atoms with van der Waals surface area (Å²) in [6, 6.07) is 3.38. The number of carbonyl (C=O) groups is 2. The molecule has 1 aliphatic rings. The van der Waals surface area contributed by atoms with Crippen LogP contribution in [-0.2, 0) is 23.8 Å². The molecule has 0 bridgehead atoms. The summed E-state index contributed by atoms with van der Waals surface area (Å²) in [4.78, 5) is 44.9. The molecule has 0 saturated heterocycles. The maximum atomic E-state index is 12.4. The standard InChI is InChI=1S/C17H17N3O6/c1-9-4-5-10-12(18-7-19-15(10)21)13(9)20-8-26-6-11(16(22)24-2)14(20)17(23)25-3/h4-5,7H,6,8H2,1-3H3,(H,18,19,21). The number of aromatic amines is 1. The van der Waals surface area contributed by atoms with Crippen molar-refractivity contribution in [2.75, 3.05) is 32.5 Å². The van der Waals surface area contributed by atoms with E-state index in [2.05, 4.69) is 9.97 Å². The molecule has 0 fully saturated rings. The van der Waals surface area contributed by atoms with Crippen LogP contribution in [0.2, 0.25) is 0 Å². The summed E-state index contributed by atoms with van der Waals surface area (Å²) in [5, 5.41) is 0.350. The van der Waals surface area contributed by atoms with Crippen molar-refractivity contribution < 1.29 is 23.8 Å². The molecule has 0 amide bonds. The van der Waals surface area contributed by atoms with Crippen LogP contribution in [0.4, 0.5) is 5.69 Å². The zero-order chi connectivity index (χ0) is 18.8. The predicted molar refractivity (Wildman–Crippen MR) is 91.5 cm³/mol. The number of ether oxygens (including phenoxy) is 3. The first-order chi connectivity index (χ1) is 12.5. The van der Waals surface area contributed by atoms with Crippen molar-refractivity contribution in [2.45, 2.75) is 6.92 Å². The molecule has 2 heterocycles. The summed E-state index contributed by atoms with van der Waals surface area (Å²) >= 11 is 0. The Balaban J connectivity index is 2.31. The number of aromatic nitrogens is 2. The Morgan fingerprint density at radius 1 is 1.23 bits per heavy atom. The second kappa shape index (κ2) is 6.96. The number of rotatable bonds is 3. The van der Waals surface area contributed by atoms with E-state index in [4.69, 9.17) is 14.2 Å². The van der Waals surface area contributed by atoms with Gasteiger partial charge in [-0.15, -0.1) is 0 Å². The van der Waals surface area contributed by atoms with Gasteiger partial charge in [-0.2, -0.15) is 0 Å². The van der Waals surface area contributed by atoms with Crippen molar-refractivity contribution in [2.24, 2.45) is 0 Å². The van der Waals surface area contributed by atoms with Gasteiger partial charge in [-0.25, -0.2) is 14.6 Å². The minimum Gasteiger partial charge on any atom is -0.466 e. The van der Waals surface area contributed by atoms with Crippen LogP contribution in [0.15, 0.2) is 34.5 Å². The van der Waals surface area contributed by atoms with Crippen LogP contribution < -0.4 is 10.5 Å². The van der Waals surface area contributed by atoms with E-state index in [-0.39, 0.29) is 30.2 Å². The minimum absolute atomic E-state index is 0.00304. The first-order valence-corrected chi connectivity index (χ1v) is 7.71. The fourth-order valence-electron chi connectivity index (χ4n) is 2.89. The molecule has 1 aromatic carbocycles. The summed E-state index contributed by atoms with van der Waals surface area (Å²) < 4.78 is 15.1. The molecule has 3 rings (SSSR count). The first-order valence-electron chi connectivity index (χ1n) is 7.71. The number of esters is 2. The molecule has 9 nitrogen and oxygen atoms in total. The average Bonchev–Trinajstić information content (AvgIpc) is 2.66. The van der Waals surface area contributed by atoms with Crippen molar-refractivity contribution in [1.29, 1.82) is 0 Å². The quantitative estimate of drug-likeness (QED) is 0.794. The number of hydrogen-bond donors (Lipinski definition) is 1. The third kappa shape index (κ3) is 2.82. The van der Waals surface area contributed by atoms with Gasteiger partial charge in [0, 0.05) is 0 Å².